The first-order chi connectivity index (χ1) is 15.2. The Morgan fingerprint density at radius 3 is 2.81 bits per heavy atom. The quantitative estimate of drug-likeness (QED) is 0.511. The van der Waals surface area contributed by atoms with Crippen molar-refractivity contribution in [2.45, 2.75) is 6.54 Å². The lowest BCUT2D eigenvalue weighted by Gasteiger charge is -2.28. The Balaban J connectivity index is 1.67. The fourth-order valence-corrected chi connectivity index (χ4v) is 4.15. The molecule has 1 N–H and O–H groups in total. The average molecular weight is 440 g/mol. The molecule has 31 heavy (non-hydrogen) atoms. The normalized spacial score (nSPS) is 14.6. The van der Waals surface area contributed by atoms with Crippen molar-refractivity contribution in [2.75, 3.05) is 44.8 Å². The molecule has 0 saturated carbocycles. The predicted octanol–water partition coefficient (Wildman–Crippen LogP) is 2.91. The van der Waals surface area contributed by atoms with Gasteiger partial charge in [-0.05, 0) is 30.3 Å². The van der Waals surface area contributed by atoms with Crippen LogP contribution in [0.2, 0.25) is 5.02 Å². The summed E-state index contributed by atoms with van der Waals surface area (Å²) in [5.74, 6) is 0.909. The smallest absolute Gasteiger partial charge is 0.348 e. The van der Waals surface area contributed by atoms with Crippen LogP contribution < -0.4 is 15.9 Å². The number of ether oxygens (including phenoxy) is 1. The fraction of sp³-hybridized carbons (Fsp3) is 0.318. The molecule has 1 aliphatic heterocycles. The highest BCUT2D eigenvalue weighted by molar-refractivity contribution is 6.31. The van der Waals surface area contributed by atoms with Crippen LogP contribution in [0.25, 0.3) is 33.3 Å². The van der Waals surface area contributed by atoms with Gasteiger partial charge in [0.25, 0.3) is 0 Å². The minimum absolute atomic E-state index is 0.362. The van der Waals surface area contributed by atoms with Crippen LogP contribution in [0.3, 0.4) is 0 Å². The molecule has 1 saturated heterocycles. The van der Waals surface area contributed by atoms with E-state index in [1.807, 2.05) is 12.1 Å². The second kappa shape index (κ2) is 8.30. The SMILES string of the molecule is COCCn1c(=O)nc(-c2ccc(N3CCNCC3)nc2)c2oc3ccc(Cl)cc3c21. The van der Waals surface area contributed by atoms with E-state index in [-0.39, 0.29) is 5.69 Å². The predicted molar refractivity (Wildman–Crippen MR) is 121 cm³/mol. The zero-order valence-corrected chi connectivity index (χ0v) is 17.9. The third-order valence-corrected chi connectivity index (χ3v) is 5.76. The molecule has 9 heteroatoms. The summed E-state index contributed by atoms with van der Waals surface area (Å²) in [4.78, 5) is 24.2. The number of furan rings is 1. The number of piperazine rings is 1. The molecule has 0 amide bonds. The zero-order valence-electron chi connectivity index (χ0n) is 17.1. The molecule has 8 nitrogen and oxygen atoms in total. The number of nitrogens with zero attached hydrogens (tertiary/aromatic N) is 4. The van der Waals surface area contributed by atoms with Gasteiger partial charge in [-0.2, -0.15) is 4.98 Å². The van der Waals surface area contributed by atoms with Crippen molar-refractivity contribution in [1.82, 2.24) is 19.9 Å². The molecule has 0 bridgehead atoms. The number of anilines is 1. The van der Waals surface area contributed by atoms with E-state index in [2.05, 4.69) is 20.2 Å². The minimum Gasteiger partial charge on any atom is -0.452 e. The summed E-state index contributed by atoms with van der Waals surface area (Å²) in [6.45, 7) is 4.44. The summed E-state index contributed by atoms with van der Waals surface area (Å²) >= 11 is 6.23. The summed E-state index contributed by atoms with van der Waals surface area (Å²) in [5.41, 5.74) is 2.67. The van der Waals surface area contributed by atoms with E-state index in [1.54, 1.807) is 36.1 Å². The fourth-order valence-electron chi connectivity index (χ4n) is 3.98. The van der Waals surface area contributed by atoms with Gasteiger partial charge in [0.2, 0.25) is 0 Å². The van der Waals surface area contributed by atoms with Gasteiger partial charge in [-0.25, -0.2) is 9.78 Å². The van der Waals surface area contributed by atoms with Gasteiger partial charge < -0.3 is 19.4 Å². The first-order valence-electron chi connectivity index (χ1n) is 10.2. The maximum absolute atomic E-state index is 13.0. The van der Waals surface area contributed by atoms with E-state index in [4.69, 9.17) is 20.8 Å². The van der Waals surface area contributed by atoms with Crippen molar-refractivity contribution < 1.29 is 9.15 Å². The van der Waals surface area contributed by atoms with Crippen LogP contribution in [0, 0.1) is 0 Å². The van der Waals surface area contributed by atoms with Crippen LogP contribution in [-0.2, 0) is 11.3 Å². The third-order valence-electron chi connectivity index (χ3n) is 5.53. The molecule has 0 unspecified atom stereocenters. The van der Waals surface area contributed by atoms with Crippen molar-refractivity contribution >= 4 is 39.5 Å². The molecule has 4 aromatic rings. The molecule has 160 valence electrons. The van der Waals surface area contributed by atoms with Crippen LogP contribution in [0.5, 0.6) is 0 Å². The van der Waals surface area contributed by atoms with Gasteiger partial charge in [-0.15, -0.1) is 0 Å². The lowest BCUT2D eigenvalue weighted by molar-refractivity contribution is 0.187. The van der Waals surface area contributed by atoms with Gasteiger partial charge in [0.15, 0.2) is 5.58 Å². The Hall–Kier alpha value is -2.94. The largest absolute Gasteiger partial charge is 0.452 e. The molecular weight excluding hydrogens is 418 g/mol. The van der Waals surface area contributed by atoms with E-state index >= 15 is 0 Å². The number of rotatable bonds is 5. The molecule has 0 radical (unpaired) electrons. The van der Waals surface area contributed by atoms with Crippen molar-refractivity contribution in [3.05, 3.63) is 52.0 Å². The highest BCUT2D eigenvalue weighted by Crippen LogP contribution is 2.35. The van der Waals surface area contributed by atoms with Gasteiger partial charge in [0.05, 0.1) is 13.2 Å². The molecule has 1 fully saturated rings. The molecule has 0 spiro atoms. The number of methoxy groups -OCH3 is 1. The van der Waals surface area contributed by atoms with Crippen molar-refractivity contribution in [3.8, 4) is 11.3 Å². The van der Waals surface area contributed by atoms with Crippen LogP contribution in [0.15, 0.2) is 45.7 Å². The van der Waals surface area contributed by atoms with Crippen molar-refractivity contribution in [1.29, 1.82) is 0 Å². The number of hydrogen-bond donors (Lipinski definition) is 1. The zero-order chi connectivity index (χ0) is 21.4. The van der Waals surface area contributed by atoms with E-state index in [0.29, 0.717) is 40.6 Å². The maximum atomic E-state index is 13.0. The number of fused-ring (bicyclic) bond motifs is 3. The Labute approximate surface area is 183 Å². The number of nitrogens with one attached hydrogen (secondary N) is 1. The van der Waals surface area contributed by atoms with E-state index < -0.39 is 0 Å². The lowest BCUT2D eigenvalue weighted by atomic mass is 10.1. The van der Waals surface area contributed by atoms with Crippen LogP contribution in [-0.4, -0.2) is 54.4 Å². The highest BCUT2D eigenvalue weighted by atomic mass is 35.5. The van der Waals surface area contributed by atoms with Crippen LogP contribution in [0.1, 0.15) is 0 Å². The second-order valence-electron chi connectivity index (χ2n) is 7.45. The molecular formula is C22H22ClN5O3. The summed E-state index contributed by atoms with van der Waals surface area (Å²) < 4.78 is 12.9. The van der Waals surface area contributed by atoms with E-state index in [9.17, 15) is 4.79 Å². The summed E-state index contributed by atoms with van der Waals surface area (Å²) in [7, 11) is 1.60. The Bertz CT molecular complexity index is 1290. The molecule has 1 aromatic carbocycles. The number of halogens is 1. The minimum atomic E-state index is -0.367. The average Bonchev–Trinajstić information content (AvgIpc) is 3.17. The molecule has 0 atom stereocenters. The monoisotopic (exact) mass is 439 g/mol. The molecule has 0 aliphatic carbocycles. The standard InChI is InChI=1S/C22H22ClN5O3/c1-30-11-10-28-20-16-12-15(23)3-4-17(16)31-21(20)19(26-22(28)29)14-2-5-18(25-13-14)27-8-6-24-7-9-27/h2-5,12-13,24H,6-11H2,1H3. The molecule has 4 heterocycles. The molecule has 5 rings (SSSR count). The van der Waals surface area contributed by atoms with Gasteiger partial charge in [-0.3, -0.25) is 4.57 Å². The third kappa shape index (κ3) is 3.67. The number of hydrogen-bond acceptors (Lipinski definition) is 7. The van der Waals surface area contributed by atoms with Gasteiger partial charge in [-0.1, -0.05) is 11.6 Å². The number of benzene rings is 1. The summed E-state index contributed by atoms with van der Waals surface area (Å²) in [6, 6.07) is 9.27. The first-order valence-corrected chi connectivity index (χ1v) is 10.6. The van der Waals surface area contributed by atoms with E-state index in [0.717, 1.165) is 42.9 Å². The topological polar surface area (TPSA) is 85.4 Å². The van der Waals surface area contributed by atoms with Gasteiger partial charge in [0.1, 0.15) is 22.6 Å². The Morgan fingerprint density at radius 2 is 2.06 bits per heavy atom. The van der Waals surface area contributed by atoms with E-state index in [1.165, 1.54) is 0 Å². The summed E-state index contributed by atoms with van der Waals surface area (Å²) in [5, 5.41) is 4.68. The highest BCUT2D eigenvalue weighted by Gasteiger charge is 2.20. The Morgan fingerprint density at radius 1 is 1.23 bits per heavy atom. The number of aromatic nitrogens is 3. The van der Waals surface area contributed by atoms with Crippen LogP contribution in [0.4, 0.5) is 5.82 Å². The lowest BCUT2D eigenvalue weighted by Crippen LogP contribution is -2.43. The maximum Gasteiger partial charge on any atom is 0.348 e. The summed E-state index contributed by atoms with van der Waals surface area (Å²) in [6.07, 6.45) is 1.75. The Kier molecular flexibility index (Phi) is 5.35. The van der Waals surface area contributed by atoms with Gasteiger partial charge >= 0.3 is 5.69 Å². The van der Waals surface area contributed by atoms with Crippen molar-refractivity contribution in [3.63, 3.8) is 0 Å². The molecule has 3 aromatic heterocycles. The first kappa shape index (κ1) is 20.0. The van der Waals surface area contributed by atoms with Crippen molar-refractivity contribution in [2.24, 2.45) is 0 Å². The molecule has 1 aliphatic rings. The second-order valence-corrected chi connectivity index (χ2v) is 7.89. The van der Waals surface area contributed by atoms with Gasteiger partial charge in [0, 0.05) is 55.5 Å². The van der Waals surface area contributed by atoms with Crippen LogP contribution >= 0.6 is 11.6 Å². The number of pyridine rings is 1.